The number of alkyl halides is 5. The number of ether oxygens (including phenoxy) is 1. The lowest BCUT2D eigenvalue weighted by atomic mass is 9.68. The molecule has 3 saturated heterocycles. The number of hydrogen-bond donors (Lipinski definition) is 0. The van der Waals surface area contributed by atoms with E-state index in [1.54, 1.807) is 13.8 Å². The highest BCUT2D eigenvalue weighted by Gasteiger charge is 2.78. The van der Waals surface area contributed by atoms with Crippen LogP contribution in [0.15, 0.2) is 18.2 Å². The van der Waals surface area contributed by atoms with Crippen molar-refractivity contribution in [2.45, 2.75) is 42.0 Å². The molecule has 2 bridgehead atoms. The van der Waals surface area contributed by atoms with Gasteiger partial charge in [0.15, 0.2) is 0 Å². The molecule has 0 N–H and O–H groups in total. The molecule has 3 fully saturated rings. The summed E-state index contributed by atoms with van der Waals surface area (Å²) >= 11 is 12.7. The van der Waals surface area contributed by atoms with Gasteiger partial charge in [-0.25, -0.2) is 4.90 Å². The molecule has 1 aromatic carbocycles. The van der Waals surface area contributed by atoms with Crippen LogP contribution in [-0.4, -0.2) is 33.8 Å². The van der Waals surface area contributed by atoms with Gasteiger partial charge in [0.25, 0.3) is 0 Å². The van der Waals surface area contributed by atoms with Crippen molar-refractivity contribution in [3.63, 3.8) is 0 Å². The number of halogens is 5. The lowest BCUT2D eigenvalue weighted by molar-refractivity contribution is -0.138. The minimum atomic E-state index is -4.81. The summed E-state index contributed by atoms with van der Waals surface area (Å²) in [6, 6.07) is 4.19. The number of carbonyl (C=O) groups is 2. The number of imide groups is 1. The fourth-order valence-electron chi connectivity index (χ4n) is 4.72. The number of nitrogens with zero attached hydrogens (tertiary/aromatic N) is 2. The van der Waals surface area contributed by atoms with Crippen molar-refractivity contribution >= 4 is 40.7 Å². The zero-order valence-electron chi connectivity index (χ0n) is 14.6. The summed E-state index contributed by atoms with van der Waals surface area (Å²) in [7, 11) is 0. The molecule has 0 unspecified atom stereocenters. The molecule has 0 radical (unpaired) electrons. The van der Waals surface area contributed by atoms with Gasteiger partial charge in [0.1, 0.15) is 0 Å². The van der Waals surface area contributed by atoms with Gasteiger partial charge < -0.3 is 4.74 Å². The van der Waals surface area contributed by atoms with Crippen LogP contribution < -0.4 is 4.90 Å². The Kier molecular flexibility index (Phi) is 3.91. The number of carbonyl (C=O) groups excluding carboxylic acids is 2. The highest BCUT2D eigenvalue weighted by molar-refractivity contribution is 6.33. The average molecular weight is 433 g/mol. The quantitative estimate of drug-likeness (QED) is 0.503. The number of nitriles is 1. The zero-order valence-corrected chi connectivity index (χ0v) is 16.1. The van der Waals surface area contributed by atoms with Crippen molar-refractivity contribution < 1.29 is 27.5 Å². The van der Waals surface area contributed by atoms with Crippen molar-refractivity contribution in [3.8, 4) is 6.07 Å². The van der Waals surface area contributed by atoms with Crippen molar-refractivity contribution in [2.75, 3.05) is 4.90 Å². The molecule has 6 atom stereocenters. The monoisotopic (exact) mass is 432 g/mol. The van der Waals surface area contributed by atoms with E-state index in [2.05, 4.69) is 0 Å². The summed E-state index contributed by atoms with van der Waals surface area (Å²) in [5, 5.41) is 7.44. The van der Waals surface area contributed by atoms with E-state index in [4.69, 9.17) is 33.2 Å². The molecule has 5 nitrogen and oxygen atoms in total. The molecule has 0 spiro atoms. The second-order valence-electron chi connectivity index (χ2n) is 7.58. The second-order valence-corrected chi connectivity index (χ2v) is 8.52. The fourth-order valence-corrected chi connectivity index (χ4v) is 5.58. The number of amides is 2. The second kappa shape index (κ2) is 5.62. The van der Waals surface area contributed by atoms with Crippen molar-refractivity contribution in [1.82, 2.24) is 0 Å². The standard InChI is InChI=1S/C18H13Cl2F3N2O3/c1-16-10-11(17(2,28-16)13(20)12(16)19)15(27)25(14(10)26)8-4-3-7(6-24)9(5-8)18(21,22)23/h3-5,10-13H,1-2H3/t10-,11+,12-,13-,16+,17-/m1/s1. The first-order valence-corrected chi connectivity index (χ1v) is 9.22. The molecule has 3 heterocycles. The third-order valence-corrected chi connectivity index (χ3v) is 7.52. The van der Waals surface area contributed by atoms with Crippen molar-refractivity contribution in [1.29, 1.82) is 5.26 Å². The van der Waals surface area contributed by atoms with Crippen LogP contribution in [0.2, 0.25) is 0 Å². The number of hydrogen-bond acceptors (Lipinski definition) is 4. The number of fused-ring (bicyclic) bond motifs is 5. The molecule has 1 aromatic rings. The highest BCUT2D eigenvalue weighted by atomic mass is 35.5. The van der Waals surface area contributed by atoms with Gasteiger partial charge in [0.2, 0.25) is 11.8 Å². The van der Waals surface area contributed by atoms with E-state index in [0.29, 0.717) is 6.07 Å². The first-order chi connectivity index (χ1) is 12.9. The Morgan fingerprint density at radius 3 is 2.04 bits per heavy atom. The fraction of sp³-hybridized carbons (Fsp3) is 0.500. The van der Waals surface area contributed by atoms with Gasteiger partial charge in [-0.2, -0.15) is 18.4 Å². The Morgan fingerprint density at radius 2 is 1.61 bits per heavy atom. The molecule has 4 rings (SSSR count). The van der Waals surface area contributed by atoms with Gasteiger partial charge in [0, 0.05) is 0 Å². The molecule has 0 saturated carbocycles. The van der Waals surface area contributed by atoms with E-state index >= 15 is 0 Å². The van der Waals surface area contributed by atoms with E-state index in [-0.39, 0.29) is 5.69 Å². The summed E-state index contributed by atoms with van der Waals surface area (Å²) in [4.78, 5) is 26.9. The molecule has 10 heteroatoms. The smallest absolute Gasteiger partial charge is 0.364 e. The average Bonchev–Trinajstić information content (AvgIpc) is 3.10. The molecular formula is C18H13Cl2F3N2O3. The maximum atomic E-state index is 13.3. The topological polar surface area (TPSA) is 70.4 Å². The Bertz CT molecular complexity index is 924. The van der Waals surface area contributed by atoms with Crippen LogP contribution in [0, 0.1) is 23.2 Å². The number of anilines is 1. The van der Waals surface area contributed by atoms with Gasteiger partial charge in [-0.3, -0.25) is 9.59 Å². The van der Waals surface area contributed by atoms with Crippen LogP contribution in [0.5, 0.6) is 0 Å². The maximum Gasteiger partial charge on any atom is 0.417 e. The first-order valence-electron chi connectivity index (χ1n) is 8.35. The molecule has 28 heavy (non-hydrogen) atoms. The third kappa shape index (κ3) is 2.18. The largest absolute Gasteiger partial charge is 0.417 e. The normalized spacial score (nSPS) is 39.4. The third-order valence-electron chi connectivity index (χ3n) is 6.02. The molecule has 3 aliphatic heterocycles. The minimum Gasteiger partial charge on any atom is -0.364 e. The first kappa shape index (κ1) is 19.5. The van der Waals surface area contributed by atoms with E-state index in [1.807, 2.05) is 0 Å². The maximum absolute atomic E-state index is 13.3. The molecule has 2 amide bonds. The Morgan fingerprint density at radius 1 is 1.11 bits per heavy atom. The Balaban J connectivity index is 1.82. The van der Waals surface area contributed by atoms with Gasteiger partial charge in [-0.1, -0.05) is 0 Å². The van der Waals surface area contributed by atoms with Crippen LogP contribution in [0.25, 0.3) is 0 Å². The van der Waals surface area contributed by atoms with Gasteiger partial charge in [0.05, 0.1) is 56.7 Å². The summed E-state index contributed by atoms with van der Waals surface area (Å²) in [6.07, 6.45) is -4.81. The van der Waals surface area contributed by atoms with E-state index in [1.165, 1.54) is 6.07 Å². The minimum absolute atomic E-state index is 0.250. The van der Waals surface area contributed by atoms with Crippen molar-refractivity contribution in [3.05, 3.63) is 29.3 Å². The van der Waals surface area contributed by atoms with Crippen LogP contribution in [0.3, 0.4) is 0 Å². The molecule has 0 aliphatic carbocycles. The molecular weight excluding hydrogens is 420 g/mol. The Hall–Kier alpha value is -1.82. The molecule has 3 aliphatic rings. The van der Waals surface area contributed by atoms with Crippen LogP contribution in [0.4, 0.5) is 18.9 Å². The summed E-state index contributed by atoms with van der Waals surface area (Å²) in [5.74, 6) is -3.28. The van der Waals surface area contributed by atoms with Crippen LogP contribution in [0.1, 0.15) is 25.0 Å². The SMILES string of the molecule is C[C@]12O[C@](C)([C@H](Cl)[C@H]1Cl)[C@H]1C(=O)N(c3ccc(C#N)c(C(F)(F)F)c3)C(=O)[C@H]12. The molecule has 148 valence electrons. The van der Waals surface area contributed by atoms with Crippen LogP contribution >= 0.6 is 23.2 Å². The lowest BCUT2D eigenvalue weighted by Crippen LogP contribution is -2.53. The van der Waals surface area contributed by atoms with Crippen LogP contribution in [-0.2, 0) is 20.5 Å². The van der Waals surface area contributed by atoms with Crippen molar-refractivity contribution in [2.24, 2.45) is 11.8 Å². The predicted molar refractivity (Wildman–Crippen MR) is 92.8 cm³/mol. The highest BCUT2D eigenvalue weighted by Crippen LogP contribution is 2.63. The van der Waals surface area contributed by atoms with Gasteiger partial charge >= 0.3 is 6.18 Å². The predicted octanol–water partition coefficient (Wildman–Crippen LogP) is 3.46. The van der Waals surface area contributed by atoms with E-state index < -0.39 is 62.9 Å². The van der Waals surface area contributed by atoms with Gasteiger partial charge in [-0.15, -0.1) is 23.2 Å². The summed E-state index contributed by atoms with van der Waals surface area (Å²) in [5.41, 5.74) is -4.49. The Labute approximate surface area is 167 Å². The molecule has 0 aromatic heterocycles. The van der Waals surface area contributed by atoms with E-state index in [0.717, 1.165) is 17.0 Å². The zero-order chi connectivity index (χ0) is 20.8. The number of benzene rings is 1. The van der Waals surface area contributed by atoms with Gasteiger partial charge in [-0.05, 0) is 32.0 Å². The number of rotatable bonds is 1. The summed E-state index contributed by atoms with van der Waals surface area (Å²) in [6.45, 7) is 3.18. The van der Waals surface area contributed by atoms with E-state index in [9.17, 15) is 22.8 Å². The lowest BCUT2D eigenvalue weighted by Gasteiger charge is -2.35. The summed E-state index contributed by atoms with van der Waals surface area (Å²) < 4.78 is 45.8.